The molecule has 1 aromatic carbocycles. The monoisotopic (exact) mass is 320 g/mol. The Balaban J connectivity index is 1.81. The van der Waals surface area contributed by atoms with Crippen LogP contribution in [-0.2, 0) is 9.59 Å². The second kappa shape index (κ2) is 5.31. The standard InChI is InChI=1S/C15H16N2O4S/c1-15(14(21)16-7-6-11(18)19)8-22-13-10-5-3-2-4-9(10)12(20)17(13)15/h2-5,13H,6-8H2,1H3,(H,16,21)(H,18,19). The number of hydrogen-bond acceptors (Lipinski definition) is 4. The zero-order valence-corrected chi connectivity index (χ0v) is 12.9. The first-order valence-corrected chi connectivity index (χ1v) is 8.04. The summed E-state index contributed by atoms with van der Waals surface area (Å²) in [5.74, 6) is -0.906. The number of rotatable bonds is 4. The van der Waals surface area contributed by atoms with Crippen molar-refractivity contribution < 1.29 is 19.5 Å². The average molecular weight is 320 g/mol. The molecule has 0 aliphatic carbocycles. The van der Waals surface area contributed by atoms with E-state index in [1.54, 1.807) is 29.7 Å². The van der Waals surface area contributed by atoms with Gasteiger partial charge in [0.25, 0.3) is 5.91 Å². The van der Waals surface area contributed by atoms with Gasteiger partial charge in [-0.05, 0) is 18.6 Å². The molecular weight excluding hydrogens is 304 g/mol. The SMILES string of the molecule is CC1(C(=O)NCCC(=O)O)CSC2c3ccccc3C(=O)N21. The molecule has 2 unspecified atom stereocenters. The molecule has 6 nitrogen and oxygen atoms in total. The van der Waals surface area contributed by atoms with Gasteiger partial charge < -0.3 is 15.3 Å². The Kier molecular flexibility index (Phi) is 3.60. The molecule has 0 saturated carbocycles. The number of amides is 2. The summed E-state index contributed by atoms with van der Waals surface area (Å²) in [6.07, 6.45) is -0.132. The lowest BCUT2D eigenvalue weighted by molar-refractivity contribution is -0.137. The molecule has 1 fully saturated rings. The van der Waals surface area contributed by atoms with Gasteiger partial charge in [0.1, 0.15) is 10.9 Å². The molecular formula is C15H16N2O4S. The number of nitrogens with zero attached hydrogens (tertiary/aromatic N) is 1. The normalized spacial score (nSPS) is 25.8. The maximum Gasteiger partial charge on any atom is 0.305 e. The third-order valence-electron chi connectivity index (χ3n) is 4.08. The summed E-state index contributed by atoms with van der Waals surface area (Å²) >= 11 is 1.56. The molecule has 2 heterocycles. The van der Waals surface area contributed by atoms with Crippen molar-refractivity contribution in [3.8, 4) is 0 Å². The van der Waals surface area contributed by atoms with Gasteiger partial charge in [0.15, 0.2) is 0 Å². The molecule has 0 radical (unpaired) electrons. The number of hydrogen-bond donors (Lipinski definition) is 2. The minimum atomic E-state index is -0.964. The van der Waals surface area contributed by atoms with E-state index in [1.807, 2.05) is 18.2 Å². The van der Waals surface area contributed by atoms with Crippen LogP contribution in [0.25, 0.3) is 0 Å². The van der Waals surface area contributed by atoms with Crippen LogP contribution in [0.5, 0.6) is 0 Å². The highest BCUT2D eigenvalue weighted by molar-refractivity contribution is 7.99. The van der Waals surface area contributed by atoms with Crippen LogP contribution in [0.4, 0.5) is 0 Å². The Morgan fingerprint density at radius 1 is 1.45 bits per heavy atom. The number of fused-ring (bicyclic) bond motifs is 3. The summed E-state index contributed by atoms with van der Waals surface area (Å²) < 4.78 is 0. The first-order valence-electron chi connectivity index (χ1n) is 6.99. The van der Waals surface area contributed by atoms with Crippen LogP contribution in [0, 0.1) is 0 Å². The molecule has 116 valence electrons. The summed E-state index contributed by atoms with van der Waals surface area (Å²) in [7, 11) is 0. The second-order valence-corrected chi connectivity index (χ2v) is 6.67. The summed E-state index contributed by atoms with van der Waals surface area (Å²) in [6.45, 7) is 1.80. The maximum atomic E-state index is 12.6. The lowest BCUT2D eigenvalue weighted by Crippen LogP contribution is -2.56. The van der Waals surface area contributed by atoms with Crippen molar-refractivity contribution in [1.29, 1.82) is 0 Å². The van der Waals surface area contributed by atoms with E-state index >= 15 is 0 Å². The zero-order valence-electron chi connectivity index (χ0n) is 12.0. The smallest absolute Gasteiger partial charge is 0.305 e. The molecule has 2 aliphatic rings. The Bertz CT molecular complexity index is 663. The third kappa shape index (κ3) is 2.16. The number of carboxylic acids is 1. The highest BCUT2D eigenvalue weighted by atomic mass is 32.2. The first-order chi connectivity index (χ1) is 10.4. The molecule has 2 amide bonds. The summed E-state index contributed by atoms with van der Waals surface area (Å²) in [5, 5.41) is 11.1. The molecule has 1 saturated heterocycles. The number of carboxylic acid groups (broad SMARTS) is 1. The van der Waals surface area contributed by atoms with Crippen molar-refractivity contribution in [3.05, 3.63) is 35.4 Å². The van der Waals surface area contributed by atoms with Crippen molar-refractivity contribution in [2.45, 2.75) is 24.3 Å². The largest absolute Gasteiger partial charge is 0.481 e. The third-order valence-corrected chi connectivity index (χ3v) is 5.59. The van der Waals surface area contributed by atoms with Crippen LogP contribution in [0.15, 0.2) is 24.3 Å². The fourth-order valence-corrected chi connectivity index (χ4v) is 4.50. The summed E-state index contributed by atoms with van der Waals surface area (Å²) in [6, 6.07) is 7.39. The molecule has 2 N–H and O–H groups in total. The van der Waals surface area contributed by atoms with E-state index < -0.39 is 11.5 Å². The molecule has 2 aliphatic heterocycles. The van der Waals surface area contributed by atoms with E-state index in [0.717, 1.165) is 5.56 Å². The number of carbonyl (C=O) groups excluding carboxylic acids is 2. The lowest BCUT2D eigenvalue weighted by Gasteiger charge is -2.32. The van der Waals surface area contributed by atoms with Crippen molar-refractivity contribution in [3.63, 3.8) is 0 Å². The van der Waals surface area contributed by atoms with Crippen molar-refractivity contribution in [2.75, 3.05) is 12.3 Å². The zero-order chi connectivity index (χ0) is 15.9. The highest BCUT2D eigenvalue weighted by Gasteiger charge is 2.55. The topological polar surface area (TPSA) is 86.7 Å². The van der Waals surface area contributed by atoms with Gasteiger partial charge >= 0.3 is 5.97 Å². The Morgan fingerprint density at radius 2 is 2.18 bits per heavy atom. The molecule has 0 aromatic heterocycles. The van der Waals surface area contributed by atoms with Gasteiger partial charge in [-0.15, -0.1) is 11.8 Å². The van der Waals surface area contributed by atoms with E-state index in [0.29, 0.717) is 11.3 Å². The maximum absolute atomic E-state index is 12.6. The van der Waals surface area contributed by atoms with E-state index in [4.69, 9.17) is 5.11 Å². The van der Waals surface area contributed by atoms with Crippen LogP contribution in [0.3, 0.4) is 0 Å². The van der Waals surface area contributed by atoms with Crippen LogP contribution >= 0.6 is 11.8 Å². The number of nitrogens with one attached hydrogen (secondary N) is 1. The van der Waals surface area contributed by atoms with Crippen LogP contribution < -0.4 is 5.32 Å². The summed E-state index contributed by atoms with van der Waals surface area (Å²) in [4.78, 5) is 37.3. The van der Waals surface area contributed by atoms with Crippen LogP contribution in [-0.4, -0.2) is 45.6 Å². The molecule has 0 spiro atoms. The first kappa shape index (κ1) is 14.9. The molecule has 1 aromatic rings. The quantitative estimate of drug-likeness (QED) is 0.871. The van der Waals surface area contributed by atoms with E-state index in [9.17, 15) is 14.4 Å². The van der Waals surface area contributed by atoms with Crippen molar-refractivity contribution in [2.24, 2.45) is 0 Å². The molecule has 3 rings (SSSR count). The predicted octanol–water partition coefficient (Wildman–Crippen LogP) is 1.24. The van der Waals surface area contributed by atoms with Gasteiger partial charge in [-0.25, -0.2) is 0 Å². The fraction of sp³-hybridized carbons (Fsp3) is 0.400. The van der Waals surface area contributed by atoms with Crippen molar-refractivity contribution >= 4 is 29.5 Å². The van der Waals surface area contributed by atoms with Gasteiger partial charge in [0.2, 0.25) is 5.91 Å². The van der Waals surface area contributed by atoms with Crippen LogP contribution in [0.2, 0.25) is 0 Å². The molecule has 2 atom stereocenters. The highest BCUT2D eigenvalue weighted by Crippen LogP contribution is 2.52. The molecule has 7 heteroatoms. The number of thioether (sulfide) groups is 1. The van der Waals surface area contributed by atoms with Gasteiger partial charge in [-0.2, -0.15) is 0 Å². The lowest BCUT2D eigenvalue weighted by atomic mass is 10.0. The van der Waals surface area contributed by atoms with Gasteiger partial charge in [0, 0.05) is 17.9 Å². The molecule has 0 bridgehead atoms. The molecule has 22 heavy (non-hydrogen) atoms. The van der Waals surface area contributed by atoms with Crippen molar-refractivity contribution in [1.82, 2.24) is 10.2 Å². The van der Waals surface area contributed by atoms with E-state index in [2.05, 4.69) is 5.32 Å². The van der Waals surface area contributed by atoms with Gasteiger partial charge in [0.05, 0.1) is 6.42 Å². The number of benzene rings is 1. The fourth-order valence-electron chi connectivity index (χ4n) is 2.89. The number of aliphatic carboxylic acids is 1. The Hall–Kier alpha value is -2.02. The minimum Gasteiger partial charge on any atom is -0.481 e. The predicted molar refractivity (Wildman–Crippen MR) is 81.5 cm³/mol. The van der Waals surface area contributed by atoms with E-state index in [1.165, 1.54) is 0 Å². The Morgan fingerprint density at radius 3 is 2.91 bits per heavy atom. The number of carbonyl (C=O) groups is 3. The minimum absolute atomic E-state index is 0.0636. The Labute approximate surface area is 131 Å². The average Bonchev–Trinajstić information content (AvgIpc) is 2.98. The van der Waals surface area contributed by atoms with Gasteiger partial charge in [-0.1, -0.05) is 18.2 Å². The van der Waals surface area contributed by atoms with E-state index in [-0.39, 0.29) is 30.2 Å². The summed E-state index contributed by atoms with van der Waals surface area (Å²) in [5.41, 5.74) is 0.632. The van der Waals surface area contributed by atoms with Crippen LogP contribution in [0.1, 0.15) is 34.6 Å². The second-order valence-electron chi connectivity index (χ2n) is 5.60. The van der Waals surface area contributed by atoms with Gasteiger partial charge in [-0.3, -0.25) is 14.4 Å².